The number of aliphatic hydroxyl groups is 1. The van der Waals surface area contributed by atoms with E-state index in [4.69, 9.17) is 10.9 Å². The molecule has 1 aromatic heterocycles. The second-order valence-corrected chi connectivity index (χ2v) is 4.53. The summed E-state index contributed by atoms with van der Waals surface area (Å²) in [5, 5.41) is 17.1. The molecule has 0 radical (unpaired) electrons. The van der Waals surface area contributed by atoms with Crippen LogP contribution in [-0.2, 0) is 5.41 Å². The van der Waals surface area contributed by atoms with Crippen molar-refractivity contribution in [3.63, 3.8) is 0 Å². The third-order valence-corrected chi connectivity index (χ3v) is 2.73. The van der Waals surface area contributed by atoms with Gasteiger partial charge in [0.25, 0.3) is 5.56 Å². The van der Waals surface area contributed by atoms with Gasteiger partial charge in [-0.15, -0.1) is 10.2 Å². The largest absolute Gasteiger partial charge is 0.395 e. The first-order chi connectivity index (χ1) is 6.94. The molecule has 15 heavy (non-hydrogen) atoms. The Kier molecular flexibility index (Phi) is 3.35. The Balaban J connectivity index is 3.37. The predicted molar refractivity (Wildman–Crippen MR) is 58.3 cm³/mol. The first-order valence-corrected chi connectivity index (χ1v) is 5.56. The summed E-state index contributed by atoms with van der Waals surface area (Å²) in [5.74, 6) is 5.54. The van der Waals surface area contributed by atoms with Crippen molar-refractivity contribution in [1.29, 1.82) is 0 Å². The van der Waals surface area contributed by atoms with E-state index >= 15 is 0 Å². The minimum absolute atomic E-state index is 0.172. The maximum Gasteiger partial charge on any atom is 0.295 e. The molecule has 0 saturated heterocycles. The zero-order valence-corrected chi connectivity index (χ0v) is 9.71. The molecule has 0 aliphatic rings. The number of thioether (sulfide) groups is 1. The summed E-state index contributed by atoms with van der Waals surface area (Å²) in [5.41, 5.74) is -0.985. The molecule has 0 fully saturated rings. The SMILES string of the molecule is CSc1nnc(C(C)(C)CO)c(=O)n1N. The molecule has 0 amide bonds. The molecule has 0 aliphatic heterocycles. The van der Waals surface area contributed by atoms with Crippen molar-refractivity contribution in [2.75, 3.05) is 18.7 Å². The van der Waals surface area contributed by atoms with Crippen LogP contribution in [0.3, 0.4) is 0 Å². The van der Waals surface area contributed by atoms with Crippen LogP contribution in [-0.4, -0.2) is 32.8 Å². The maximum atomic E-state index is 11.8. The van der Waals surface area contributed by atoms with E-state index in [-0.39, 0.29) is 12.3 Å². The number of aliphatic hydroxyl groups excluding tert-OH is 1. The first kappa shape index (κ1) is 12.0. The van der Waals surface area contributed by atoms with Crippen molar-refractivity contribution >= 4 is 11.8 Å². The molecule has 0 unspecified atom stereocenters. The van der Waals surface area contributed by atoms with Crippen LogP contribution in [0.15, 0.2) is 9.95 Å². The van der Waals surface area contributed by atoms with E-state index in [9.17, 15) is 4.79 Å². The van der Waals surface area contributed by atoms with Crippen LogP contribution >= 0.6 is 11.8 Å². The van der Waals surface area contributed by atoms with Crippen molar-refractivity contribution in [3.05, 3.63) is 16.0 Å². The number of rotatable bonds is 3. The van der Waals surface area contributed by atoms with E-state index in [1.165, 1.54) is 11.8 Å². The Morgan fingerprint density at radius 3 is 2.60 bits per heavy atom. The van der Waals surface area contributed by atoms with Crippen LogP contribution in [0.1, 0.15) is 19.5 Å². The lowest BCUT2D eigenvalue weighted by Gasteiger charge is -2.19. The van der Waals surface area contributed by atoms with Crippen LogP contribution in [0.2, 0.25) is 0 Å². The lowest BCUT2D eigenvalue weighted by Crippen LogP contribution is -2.40. The highest BCUT2D eigenvalue weighted by atomic mass is 32.2. The predicted octanol–water partition coefficient (Wildman–Crippen LogP) is -0.656. The molecule has 0 atom stereocenters. The molecular weight excluding hydrogens is 216 g/mol. The van der Waals surface area contributed by atoms with Crippen molar-refractivity contribution in [3.8, 4) is 0 Å². The van der Waals surface area contributed by atoms with Gasteiger partial charge in [0.1, 0.15) is 5.69 Å². The van der Waals surface area contributed by atoms with E-state index in [1.807, 2.05) is 0 Å². The van der Waals surface area contributed by atoms with Gasteiger partial charge < -0.3 is 10.9 Å². The average Bonchev–Trinajstić information content (AvgIpc) is 2.21. The van der Waals surface area contributed by atoms with Crippen molar-refractivity contribution in [2.45, 2.75) is 24.4 Å². The van der Waals surface area contributed by atoms with Crippen LogP contribution in [0, 0.1) is 0 Å². The van der Waals surface area contributed by atoms with Gasteiger partial charge in [0.05, 0.1) is 6.61 Å². The Labute approximate surface area is 91.5 Å². The Hall–Kier alpha value is -1.08. The normalized spacial score (nSPS) is 11.7. The number of hydrogen-bond acceptors (Lipinski definition) is 6. The Morgan fingerprint density at radius 2 is 2.13 bits per heavy atom. The summed E-state index contributed by atoms with van der Waals surface area (Å²) in [7, 11) is 0. The second kappa shape index (κ2) is 4.19. The molecule has 6 nitrogen and oxygen atoms in total. The minimum Gasteiger partial charge on any atom is -0.395 e. The highest BCUT2D eigenvalue weighted by Gasteiger charge is 2.26. The Morgan fingerprint density at radius 1 is 1.53 bits per heavy atom. The van der Waals surface area contributed by atoms with Crippen molar-refractivity contribution in [1.82, 2.24) is 14.9 Å². The lowest BCUT2D eigenvalue weighted by atomic mass is 9.91. The molecule has 0 saturated carbocycles. The maximum absolute atomic E-state index is 11.8. The molecule has 0 aliphatic carbocycles. The van der Waals surface area contributed by atoms with Gasteiger partial charge in [-0.25, -0.2) is 0 Å². The third-order valence-electron chi connectivity index (χ3n) is 2.08. The van der Waals surface area contributed by atoms with Crippen molar-refractivity contribution < 1.29 is 5.11 Å². The lowest BCUT2D eigenvalue weighted by molar-refractivity contribution is 0.212. The molecule has 1 aromatic rings. The molecule has 3 N–H and O–H groups in total. The fourth-order valence-corrected chi connectivity index (χ4v) is 1.43. The molecular formula is C8H14N4O2S. The van der Waals surface area contributed by atoms with Gasteiger partial charge >= 0.3 is 0 Å². The summed E-state index contributed by atoms with van der Waals surface area (Å²) < 4.78 is 0.949. The van der Waals surface area contributed by atoms with Gasteiger partial charge in [-0.05, 0) is 6.26 Å². The van der Waals surface area contributed by atoms with Crippen LogP contribution < -0.4 is 11.4 Å². The smallest absolute Gasteiger partial charge is 0.295 e. The monoisotopic (exact) mass is 230 g/mol. The van der Waals surface area contributed by atoms with Crippen LogP contribution in [0.5, 0.6) is 0 Å². The van der Waals surface area contributed by atoms with Crippen LogP contribution in [0.4, 0.5) is 0 Å². The number of nitrogens with two attached hydrogens (primary N) is 1. The highest BCUT2D eigenvalue weighted by molar-refractivity contribution is 7.98. The molecule has 0 bridgehead atoms. The topological polar surface area (TPSA) is 94.0 Å². The van der Waals surface area contributed by atoms with Gasteiger partial charge in [0, 0.05) is 5.41 Å². The quantitative estimate of drug-likeness (QED) is 0.529. The van der Waals surface area contributed by atoms with E-state index in [1.54, 1.807) is 20.1 Å². The zero-order chi connectivity index (χ0) is 11.6. The fraction of sp³-hybridized carbons (Fsp3) is 0.625. The van der Waals surface area contributed by atoms with Gasteiger partial charge in [0.15, 0.2) is 0 Å². The summed E-state index contributed by atoms with van der Waals surface area (Å²) in [4.78, 5) is 11.8. The summed E-state index contributed by atoms with van der Waals surface area (Å²) in [6.45, 7) is 3.23. The minimum atomic E-state index is -0.734. The fourth-order valence-electron chi connectivity index (χ4n) is 1.02. The summed E-state index contributed by atoms with van der Waals surface area (Å²) in [6.07, 6.45) is 1.75. The van der Waals surface area contributed by atoms with Gasteiger partial charge in [-0.3, -0.25) is 4.79 Å². The van der Waals surface area contributed by atoms with Crippen molar-refractivity contribution in [2.24, 2.45) is 0 Å². The van der Waals surface area contributed by atoms with E-state index in [0.29, 0.717) is 5.16 Å². The van der Waals surface area contributed by atoms with E-state index < -0.39 is 11.0 Å². The molecule has 0 spiro atoms. The summed E-state index contributed by atoms with van der Waals surface area (Å²) in [6, 6.07) is 0. The number of nitrogen functional groups attached to an aromatic ring is 1. The molecule has 1 rings (SSSR count). The van der Waals surface area contributed by atoms with Crippen LogP contribution in [0.25, 0.3) is 0 Å². The average molecular weight is 230 g/mol. The zero-order valence-electron chi connectivity index (χ0n) is 8.89. The number of aromatic nitrogens is 3. The molecule has 0 aromatic carbocycles. The molecule has 7 heteroatoms. The van der Waals surface area contributed by atoms with E-state index in [0.717, 1.165) is 4.68 Å². The van der Waals surface area contributed by atoms with Gasteiger partial charge in [0.2, 0.25) is 5.16 Å². The molecule has 1 heterocycles. The summed E-state index contributed by atoms with van der Waals surface area (Å²) >= 11 is 1.24. The number of nitrogens with zero attached hydrogens (tertiary/aromatic N) is 3. The van der Waals surface area contributed by atoms with E-state index in [2.05, 4.69) is 10.2 Å². The number of hydrogen-bond donors (Lipinski definition) is 2. The van der Waals surface area contributed by atoms with Gasteiger partial charge in [-0.2, -0.15) is 4.68 Å². The standard InChI is InChI=1S/C8H14N4O2S/c1-8(2,4-13)5-6(14)12(9)7(15-3)11-10-5/h13H,4,9H2,1-3H3. The highest BCUT2D eigenvalue weighted by Crippen LogP contribution is 2.16. The second-order valence-electron chi connectivity index (χ2n) is 3.75. The third kappa shape index (κ3) is 2.13. The molecule has 84 valence electrons. The van der Waals surface area contributed by atoms with Gasteiger partial charge in [-0.1, -0.05) is 25.6 Å². The Bertz CT molecular complexity index is 416. The first-order valence-electron chi connectivity index (χ1n) is 4.34.